The first-order valence-electron chi connectivity index (χ1n) is 7.94. The van der Waals surface area contributed by atoms with Crippen molar-refractivity contribution >= 4 is 10.9 Å². The van der Waals surface area contributed by atoms with Crippen LogP contribution in [0, 0.1) is 0 Å². The Labute approximate surface area is 122 Å². The van der Waals surface area contributed by atoms with Gasteiger partial charge in [0, 0.05) is 18.1 Å². The summed E-state index contributed by atoms with van der Waals surface area (Å²) in [5.41, 5.74) is 2.42. The molecule has 0 radical (unpaired) electrons. The highest BCUT2D eigenvalue weighted by atomic mass is 14.8. The van der Waals surface area contributed by atoms with Crippen LogP contribution in [0.2, 0.25) is 0 Å². The van der Waals surface area contributed by atoms with Crippen molar-refractivity contribution in [2.75, 3.05) is 6.54 Å². The van der Waals surface area contributed by atoms with Crippen molar-refractivity contribution in [1.29, 1.82) is 0 Å². The fourth-order valence-electron chi connectivity index (χ4n) is 2.50. The van der Waals surface area contributed by atoms with Gasteiger partial charge in [-0.1, -0.05) is 51.2 Å². The number of fused-ring (bicyclic) bond motifs is 1. The molecule has 2 nitrogen and oxygen atoms in total. The number of aromatic nitrogens is 1. The number of pyridine rings is 1. The van der Waals surface area contributed by atoms with Crippen LogP contribution in [-0.2, 0) is 6.54 Å². The van der Waals surface area contributed by atoms with E-state index in [1.807, 2.05) is 12.3 Å². The van der Waals surface area contributed by atoms with Crippen LogP contribution in [0.25, 0.3) is 10.9 Å². The van der Waals surface area contributed by atoms with Crippen molar-refractivity contribution < 1.29 is 0 Å². The van der Waals surface area contributed by atoms with Crippen LogP contribution >= 0.6 is 0 Å². The van der Waals surface area contributed by atoms with Crippen LogP contribution in [0.3, 0.4) is 0 Å². The van der Waals surface area contributed by atoms with E-state index < -0.39 is 0 Å². The van der Waals surface area contributed by atoms with E-state index in [9.17, 15) is 0 Å². The number of hydrogen-bond donors (Lipinski definition) is 1. The monoisotopic (exact) mass is 270 g/mol. The highest BCUT2D eigenvalue weighted by molar-refractivity contribution is 5.78. The molecule has 0 spiro atoms. The van der Waals surface area contributed by atoms with Gasteiger partial charge in [0.2, 0.25) is 0 Å². The lowest BCUT2D eigenvalue weighted by Gasteiger charge is -2.06. The van der Waals surface area contributed by atoms with E-state index in [0.29, 0.717) is 0 Å². The van der Waals surface area contributed by atoms with Crippen molar-refractivity contribution in [1.82, 2.24) is 10.3 Å². The Bertz CT molecular complexity index is 507. The first-order valence-corrected chi connectivity index (χ1v) is 7.94. The quantitative estimate of drug-likeness (QED) is 0.669. The summed E-state index contributed by atoms with van der Waals surface area (Å²) in [6.45, 7) is 4.34. The number of benzene rings is 1. The molecule has 0 amide bonds. The third-order valence-electron chi connectivity index (χ3n) is 3.70. The highest BCUT2D eigenvalue weighted by Crippen LogP contribution is 2.13. The van der Waals surface area contributed by atoms with Gasteiger partial charge < -0.3 is 5.32 Å². The molecule has 0 fully saturated rings. The summed E-state index contributed by atoms with van der Waals surface area (Å²) in [6.07, 6.45) is 9.99. The van der Waals surface area contributed by atoms with Crippen molar-refractivity contribution in [2.24, 2.45) is 0 Å². The smallest absolute Gasteiger partial charge is 0.0702 e. The molecule has 20 heavy (non-hydrogen) atoms. The molecule has 1 aromatic carbocycles. The maximum absolute atomic E-state index is 4.35. The molecule has 1 heterocycles. The maximum atomic E-state index is 4.35. The molecule has 0 atom stereocenters. The second kappa shape index (κ2) is 8.70. The van der Waals surface area contributed by atoms with Crippen LogP contribution in [0.1, 0.15) is 51.0 Å². The molecule has 0 aliphatic carbocycles. The zero-order valence-corrected chi connectivity index (χ0v) is 12.6. The third-order valence-corrected chi connectivity index (χ3v) is 3.70. The second-order valence-corrected chi connectivity index (χ2v) is 5.47. The molecule has 108 valence electrons. The average molecular weight is 270 g/mol. The van der Waals surface area contributed by atoms with E-state index in [0.717, 1.165) is 18.6 Å². The lowest BCUT2D eigenvalue weighted by atomic mass is 10.1. The largest absolute Gasteiger partial charge is 0.313 e. The number of unbranched alkanes of at least 4 members (excludes halogenated alkanes) is 5. The Morgan fingerprint density at radius 2 is 1.85 bits per heavy atom. The van der Waals surface area contributed by atoms with Gasteiger partial charge in [0.1, 0.15) is 0 Å². The fraction of sp³-hybridized carbons (Fsp3) is 0.500. The van der Waals surface area contributed by atoms with Crippen molar-refractivity contribution in [3.8, 4) is 0 Å². The van der Waals surface area contributed by atoms with Gasteiger partial charge in [-0.05, 0) is 36.7 Å². The van der Waals surface area contributed by atoms with Crippen LogP contribution < -0.4 is 5.32 Å². The van der Waals surface area contributed by atoms with Crippen molar-refractivity contribution in [2.45, 2.75) is 52.0 Å². The van der Waals surface area contributed by atoms with Crippen LogP contribution in [-0.4, -0.2) is 11.5 Å². The molecule has 0 aliphatic heterocycles. The molecular formula is C18H26N2. The zero-order chi connectivity index (χ0) is 14.0. The summed E-state index contributed by atoms with van der Waals surface area (Å²) < 4.78 is 0. The Balaban J connectivity index is 1.65. The minimum Gasteiger partial charge on any atom is -0.313 e. The number of nitrogens with one attached hydrogen (secondary N) is 1. The van der Waals surface area contributed by atoms with Gasteiger partial charge in [-0.15, -0.1) is 0 Å². The van der Waals surface area contributed by atoms with Gasteiger partial charge in [0.15, 0.2) is 0 Å². The molecule has 2 rings (SSSR count). The zero-order valence-electron chi connectivity index (χ0n) is 12.6. The summed E-state index contributed by atoms with van der Waals surface area (Å²) in [5, 5.41) is 4.76. The maximum Gasteiger partial charge on any atom is 0.0702 e. The molecule has 2 heteroatoms. The van der Waals surface area contributed by atoms with E-state index in [2.05, 4.69) is 41.5 Å². The average Bonchev–Trinajstić information content (AvgIpc) is 2.50. The minimum atomic E-state index is 0.958. The number of nitrogens with zero attached hydrogens (tertiary/aromatic N) is 1. The van der Waals surface area contributed by atoms with Gasteiger partial charge in [0.25, 0.3) is 0 Å². The van der Waals surface area contributed by atoms with E-state index in [1.165, 1.54) is 49.5 Å². The normalized spacial score (nSPS) is 11.1. The number of hydrogen-bond acceptors (Lipinski definition) is 2. The molecule has 1 aromatic heterocycles. The lowest BCUT2D eigenvalue weighted by Crippen LogP contribution is -2.14. The summed E-state index contributed by atoms with van der Waals surface area (Å²) in [7, 11) is 0. The molecule has 0 aliphatic rings. The first-order chi connectivity index (χ1) is 9.90. The summed E-state index contributed by atoms with van der Waals surface area (Å²) in [6, 6.07) is 10.6. The van der Waals surface area contributed by atoms with Gasteiger partial charge in [-0.2, -0.15) is 0 Å². The second-order valence-electron chi connectivity index (χ2n) is 5.47. The summed E-state index contributed by atoms with van der Waals surface area (Å²) in [4.78, 5) is 4.35. The molecular weight excluding hydrogens is 244 g/mol. The molecule has 0 bridgehead atoms. The first kappa shape index (κ1) is 15.0. The van der Waals surface area contributed by atoms with Gasteiger partial charge in [-0.3, -0.25) is 4.98 Å². The van der Waals surface area contributed by atoms with Crippen LogP contribution in [0.4, 0.5) is 0 Å². The van der Waals surface area contributed by atoms with Crippen molar-refractivity contribution in [3.63, 3.8) is 0 Å². The van der Waals surface area contributed by atoms with E-state index in [1.54, 1.807) is 0 Å². The minimum absolute atomic E-state index is 0.958. The Morgan fingerprint density at radius 3 is 2.75 bits per heavy atom. The van der Waals surface area contributed by atoms with E-state index in [4.69, 9.17) is 0 Å². The third kappa shape index (κ3) is 4.93. The summed E-state index contributed by atoms with van der Waals surface area (Å²) >= 11 is 0. The fourth-order valence-corrected chi connectivity index (χ4v) is 2.50. The summed E-state index contributed by atoms with van der Waals surface area (Å²) in [5.74, 6) is 0. The topological polar surface area (TPSA) is 24.9 Å². The Hall–Kier alpha value is -1.41. The SMILES string of the molecule is CCCCCCCCNCc1ccc2ncccc2c1. The molecule has 1 N–H and O–H groups in total. The molecule has 0 saturated heterocycles. The van der Waals surface area contributed by atoms with Gasteiger partial charge in [0.05, 0.1) is 5.52 Å². The Kier molecular flexibility index (Phi) is 6.52. The van der Waals surface area contributed by atoms with Crippen molar-refractivity contribution in [3.05, 3.63) is 42.1 Å². The predicted molar refractivity (Wildman–Crippen MR) is 86.8 cm³/mol. The molecule has 0 saturated carbocycles. The lowest BCUT2D eigenvalue weighted by molar-refractivity contribution is 0.572. The van der Waals surface area contributed by atoms with E-state index in [-0.39, 0.29) is 0 Å². The van der Waals surface area contributed by atoms with E-state index >= 15 is 0 Å². The molecule has 0 unspecified atom stereocenters. The van der Waals surface area contributed by atoms with Gasteiger partial charge >= 0.3 is 0 Å². The van der Waals surface area contributed by atoms with Crippen LogP contribution in [0.5, 0.6) is 0 Å². The predicted octanol–water partition coefficient (Wildman–Crippen LogP) is 4.68. The van der Waals surface area contributed by atoms with Crippen LogP contribution in [0.15, 0.2) is 36.5 Å². The Morgan fingerprint density at radius 1 is 1.00 bits per heavy atom. The molecule has 2 aromatic rings. The standard InChI is InChI=1S/C18H26N2/c1-2-3-4-5-6-7-12-19-15-16-10-11-18-17(14-16)9-8-13-20-18/h8-11,13-14,19H,2-7,12,15H2,1H3. The van der Waals surface area contributed by atoms with Gasteiger partial charge in [-0.25, -0.2) is 0 Å². The number of rotatable bonds is 9. The highest BCUT2D eigenvalue weighted by Gasteiger charge is 1.97.